The van der Waals surface area contributed by atoms with E-state index in [0.29, 0.717) is 40.0 Å². The zero-order valence-electron chi connectivity index (χ0n) is 27.6. The summed E-state index contributed by atoms with van der Waals surface area (Å²) >= 11 is 12.7. The lowest BCUT2D eigenvalue weighted by atomic mass is 10.1. The monoisotopic (exact) mass is 730 g/mol. The van der Waals surface area contributed by atoms with Gasteiger partial charge in [-0.3, -0.25) is 4.90 Å². The summed E-state index contributed by atoms with van der Waals surface area (Å²) < 4.78 is 32.0. The third-order valence-electron chi connectivity index (χ3n) is 8.61. The number of amides is 2. The van der Waals surface area contributed by atoms with Gasteiger partial charge in [-0.05, 0) is 57.7 Å². The standard InChI is InChI=1S/C37H36Cl2N4O4SSi/c1-37(2,3)49(30-14-7-5-8-15-30,31-16-9-6-10-17-31)47-21-20-26-12-11-13-29(22-26)43-34-27(24-40-35(41-34)48(4,45)46)25-42(36(43)44)33-19-18-28(38)23-32(33)39/h5-19,22-24H,20-21,25H2,1-4H3. The summed E-state index contributed by atoms with van der Waals surface area (Å²) in [7, 11) is -6.51. The first-order chi connectivity index (χ1) is 23.3. The number of nitrogens with zero attached hydrogens (tertiary/aromatic N) is 4. The minimum atomic E-state index is -3.75. The summed E-state index contributed by atoms with van der Waals surface area (Å²) in [5, 5.41) is 2.58. The Labute approximate surface area is 298 Å². The second-order valence-corrected chi connectivity index (χ2v) is 20.1. The predicted molar refractivity (Wildman–Crippen MR) is 199 cm³/mol. The van der Waals surface area contributed by atoms with Gasteiger partial charge in [0.05, 0.1) is 22.9 Å². The van der Waals surface area contributed by atoms with Gasteiger partial charge in [0.15, 0.2) is 5.82 Å². The fraction of sp³-hybridized carbons (Fsp3) is 0.216. The van der Waals surface area contributed by atoms with Crippen LogP contribution in [-0.2, 0) is 27.2 Å². The average Bonchev–Trinajstić information content (AvgIpc) is 3.06. The van der Waals surface area contributed by atoms with Crippen LogP contribution in [0.4, 0.5) is 22.0 Å². The molecule has 0 atom stereocenters. The molecule has 8 nitrogen and oxygen atoms in total. The highest BCUT2D eigenvalue weighted by molar-refractivity contribution is 7.90. The van der Waals surface area contributed by atoms with Crippen molar-refractivity contribution in [2.75, 3.05) is 22.7 Å². The highest BCUT2D eigenvalue weighted by Crippen LogP contribution is 2.40. The number of aromatic nitrogens is 2. The van der Waals surface area contributed by atoms with Gasteiger partial charge < -0.3 is 4.43 Å². The lowest BCUT2D eigenvalue weighted by molar-refractivity contribution is 0.252. The molecule has 0 bridgehead atoms. The maximum absolute atomic E-state index is 14.3. The van der Waals surface area contributed by atoms with E-state index in [0.717, 1.165) is 11.8 Å². The maximum Gasteiger partial charge on any atom is 0.335 e. The van der Waals surface area contributed by atoms with Crippen LogP contribution in [0.15, 0.2) is 114 Å². The van der Waals surface area contributed by atoms with Gasteiger partial charge in [0.1, 0.15) is 0 Å². The summed E-state index contributed by atoms with van der Waals surface area (Å²) in [5.74, 6) is 0.197. The number of urea groups is 1. The van der Waals surface area contributed by atoms with E-state index in [2.05, 4.69) is 79.3 Å². The topological polar surface area (TPSA) is 92.7 Å². The molecule has 12 heteroatoms. The number of halogens is 2. The molecule has 0 aliphatic carbocycles. The van der Waals surface area contributed by atoms with E-state index in [-0.39, 0.29) is 22.6 Å². The van der Waals surface area contributed by atoms with Crippen molar-refractivity contribution in [1.29, 1.82) is 0 Å². The highest BCUT2D eigenvalue weighted by Gasteiger charge is 2.50. The largest absolute Gasteiger partial charge is 0.407 e. The Morgan fingerprint density at radius 3 is 2.12 bits per heavy atom. The van der Waals surface area contributed by atoms with Crippen LogP contribution in [0.3, 0.4) is 0 Å². The average molecular weight is 732 g/mol. The van der Waals surface area contributed by atoms with Crippen LogP contribution in [0, 0.1) is 0 Å². The molecular weight excluding hydrogens is 695 g/mol. The van der Waals surface area contributed by atoms with Gasteiger partial charge in [0.25, 0.3) is 8.32 Å². The second-order valence-electron chi connectivity index (χ2n) is 13.0. The molecule has 1 aliphatic rings. The third kappa shape index (κ3) is 6.89. The fourth-order valence-corrected chi connectivity index (χ4v) is 11.9. The van der Waals surface area contributed by atoms with Crippen molar-refractivity contribution in [2.45, 2.75) is 43.9 Å². The summed E-state index contributed by atoms with van der Waals surface area (Å²) in [5.41, 5.74) is 2.46. The molecule has 0 saturated carbocycles. The lowest BCUT2D eigenvalue weighted by Gasteiger charge is -2.43. The van der Waals surface area contributed by atoms with Gasteiger partial charge in [0.2, 0.25) is 15.0 Å². The normalized spacial score (nSPS) is 13.8. The predicted octanol–water partition coefficient (Wildman–Crippen LogP) is 7.58. The Hall–Kier alpha value is -4.06. The number of carbonyl (C=O) groups is 1. The molecule has 1 aliphatic heterocycles. The van der Waals surface area contributed by atoms with Crippen LogP contribution in [0.2, 0.25) is 15.1 Å². The van der Waals surface area contributed by atoms with E-state index in [4.69, 9.17) is 27.6 Å². The zero-order valence-corrected chi connectivity index (χ0v) is 30.9. The lowest BCUT2D eigenvalue weighted by Crippen LogP contribution is -2.66. The SMILES string of the molecule is CC(C)(C)[Si](OCCc1cccc(N2C(=O)N(c3ccc(Cl)cc3Cl)Cc3cnc(S(C)(=O)=O)nc32)c1)(c1ccccc1)c1ccccc1. The number of rotatable bonds is 9. The van der Waals surface area contributed by atoms with Crippen LogP contribution < -0.4 is 20.2 Å². The van der Waals surface area contributed by atoms with Crippen LogP contribution in [0.5, 0.6) is 0 Å². The first-order valence-corrected chi connectivity index (χ1v) is 20.3. The van der Waals surface area contributed by atoms with Crippen LogP contribution in [0.25, 0.3) is 0 Å². The Bertz CT molecular complexity index is 2070. The van der Waals surface area contributed by atoms with Gasteiger partial charge in [-0.2, -0.15) is 4.98 Å². The molecule has 0 radical (unpaired) electrons. The van der Waals surface area contributed by atoms with Crippen LogP contribution >= 0.6 is 23.2 Å². The van der Waals surface area contributed by atoms with Crippen LogP contribution in [-0.4, -0.2) is 45.6 Å². The number of hydrogen-bond acceptors (Lipinski definition) is 6. The Morgan fingerprint density at radius 1 is 0.878 bits per heavy atom. The molecule has 5 aromatic rings. The van der Waals surface area contributed by atoms with Crippen molar-refractivity contribution in [3.05, 3.63) is 130 Å². The molecule has 4 aromatic carbocycles. The Morgan fingerprint density at radius 2 is 1.53 bits per heavy atom. The van der Waals surface area contributed by atoms with Gasteiger partial charge in [-0.25, -0.2) is 23.1 Å². The van der Waals surface area contributed by atoms with E-state index in [1.807, 2.05) is 30.3 Å². The van der Waals surface area contributed by atoms with Gasteiger partial charge in [-0.15, -0.1) is 0 Å². The molecule has 0 fully saturated rings. The second kappa shape index (κ2) is 13.7. The Kier molecular flexibility index (Phi) is 9.72. The number of anilines is 3. The molecule has 0 unspecified atom stereocenters. The van der Waals surface area contributed by atoms with E-state index in [9.17, 15) is 13.2 Å². The molecule has 2 heterocycles. The van der Waals surface area contributed by atoms with Crippen molar-refractivity contribution in [1.82, 2.24) is 9.97 Å². The number of benzene rings is 4. The number of sulfone groups is 1. The summed E-state index contributed by atoms with van der Waals surface area (Å²) in [6, 6.07) is 33.0. The van der Waals surface area contributed by atoms with Crippen molar-refractivity contribution < 1.29 is 17.6 Å². The summed E-state index contributed by atoms with van der Waals surface area (Å²) in [4.78, 5) is 25.7. The molecule has 6 rings (SSSR count). The highest BCUT2D eigenvalue weighted by atomic mass is 35.5. The summed E-state index contributed by atoms with van der Waals surface area (Å²) in [6.45, 7) is 7.25. The van der Waals surface area contributed by atoms with Gasteiger partial charge >= 0.3 is 6.03 Å². The Balaban J connectivity index is 1.37. The molecular formula is C37H36Cl2N4O4SSi. The van der Waals surface area contributed by atoms with Crippen LogP contribution in [0.1, 0.15) is 31.9 Å². The van der Waals surface area contributed by atoms with E-state index < -0.39 is 24.2 Å². The van der Waals surface area contributed by atoms with E-state index >= 15 is 0 Å². The molecule has 2 amide bonds. The van der Waals surface area contributed by atoms with Gasteiger partial charge in [0, 0.05) is 29.6 Å². The van der Waals surface area contributed by atoms with Crippen molar-refractivity contribution >= 4 is 75.0 Å². The molecule has 0 spiro atoms. The first-order valence-electron chi connectivity index (χ1n) is 15.8. The van der Waals surface area contributed by atoms with E-state index in [1.54, 1.807) is 24.3 Å². The zero-order chi connectivity index (χ0) is 35.0. The molecule has 1 aromatic heterocycles. The minimum absolute atomic E-state index is 0.0854. The van der Waals surface area contributed by atoms with E-state index in [1.165, 1.54) is 26.4 Å². The molecule has 0 saturated heterocycles. The number of carbonyl (C=O) groups excluding carboxylic acids is 1. The maximum atomic E-state index is 14.3. The van der Waals surface area contributed by atoms with Crippen molar-refractivity contribution in [2.24, 2.45) is 0 Å². The van der Waals surface area contributed by atoms with Gasteiger partial charge in [-0.1, -0.05) is 117 Å². The van der Waals surface area contributed by atoms with Crippen molar-refractivity contribution in [3.8, 4) is 0 Å². The number of fused-ring (bicyclic) bond motifs is 1. The quantitative estimate of drug-likeness (QED) is 0.115. The third-order valence-corrected chi connectivity index (χ3v) is 15.0. The molecule has 252 valence electrons. The number of hydrogen-bond donors (Lipinski definition) is 0. The molecule has 49 heavy (non-hydrogen) atoms. The van der Waals surface area contributed by atoms with Crippen molar-refractivity contribution in [3.63, 3.8) is 0 Å². The molecule has 0 N–H and O–H groups in total. The fourth-order valence-electron chi connectivity index (χ4n) is 6.37. The minimum Gasteiger partial charge on any atom is -0.407 e. The smallest absolute Gasteiger partial charge is 0.335 e. The first kappa shape index (κ1) is 34.8. The summed E-state index contributed by atoms with van der Waals surface area (Å²) in [6.07, 6.45) is 3.05.